The van der Waals surface area contributed by atoms with Crippen molar-refractivity contribution in [2.45, 2.75) is 18.8 Å². The zero-order valence-corrected chi connectivity index (χ0v) is 14.9. The average molecular weight is 368 g/mol. The van der Waals surface area contributed by atoms with Crippen LogP contribution in [-0.2, 0) is 0 Å². The molecule has 0 unspecified atom stereocenters. The first-order chi connectivity index (χ1) is 12.5. The Morgan fingerprint density at radius 1 is 1.00 bits per heavy atom. The summed E-state index contributed by atoms with van der Waals surface area (Å²) in [5.74, 6) is -0.227. The molecular formula is C21H18ClNO3. The minimum atomic E-state index is -0.275. The van der Waals surface area contributed by atoms with Crippen molar-refractivity contribution in [2.75, 3.05) is 13.1 Å². The molecule has 1 heterocycles. The highest BCUT2D eigenvalue weighted by atomic mass is 35.5. The highest BCUT2D eigenvalue weighted by molar-refractivity contribution is 6.30. The number of piperidine rings is 1. The summed E-state index contributed by atoms with van der Waals surface area (Å²) >= 11 is 5.95. The van der Waals surface area contributed by atoms with Crippen LogP contribution in [0.1, 0.15) is 45.0 Å². The third-order valence-corrected chi connectivity index (χ3v) is 5.46. The molecule has 26 heavy (non-hydrogen) atoms. The third kappa shape index (κ3) is 2.90. The number of aromatic hydroxyl groups is 1. The van der Waals surface area contributed by atoms with E-state index in [1.807, 2.05) is 29.2 Å². The second-order valence-corrected chi connectivity index (χ2v) is 7.17. The van der Waals surface area contributed by atoms with E-state index in [2.05, 4.69) is 0 Å². The van der Waals surface area contributed by atoms with Crippen molar-refractivity contribution in [3.8, 4) is 5.75 Å². The van der Waals surface area contributed by atoms with E-state index in [0.29, 0.717) is 24.7 Å². The fourth-order valence-corrected chi connectivity index (χ4v) is 3.93. The number of nitrogens with zero attached hydrogens (tertiary/aromatic N) is 1. The van der Waals surface area contributed by atoms with Crippen LogP contribution in [-0.4, -0.2) is 34.7 Å². The van der Waals surface area contributed by atoms with Gasteiger partial charge in [0.15, 0.2) is 5.78 Å². The summed E-state index contributed by atoms with van der Waals surface area (Å²) < 4.78 is 0. The van der Waals surface area contributed by atoms with Gasteiger partial charge in [-0.25, -0.2) is 0 Å². The van der Waals surface area contributed by atoms with Crippen LogP contribution < -0.4 is 0 Å². The molecule has 2 aromatic carbocycles. The molecule has 0 amide bonds. The molecule has 1 N–H and O–H groups in total. The molecule has 2 aromatic rings. The van der Waals surface area contributed by atoms with Crippen LogP contribution in [0.2, 0.25) is 5.02 Å². The number of hydrogen-bond donors (Lipinski definition) is 1. The molecule has 132 valence electrons. The van der Waals surface area contributed by atoms with Crippen molar-refractivity contribution in [3.05, 3.63) is 76.0 Å². The van der Waals surface area contributed by atoms with E-state index in [9.17, 15) is 14.7 Å². The number of rotatable bonds is 2. The minimum absolute atomic E-state index is 0.120. The second-order valence-electron chi connectivity index (χ2n) is 6.74. The second kappa shape index (κ2) is 6.61. The monoisotopic (exact) mass is 367 g/mol. The molecule has 5 heteroatoms. The molecular weight excluding hydrogens is 350 g/mol. The van der Waals surface area contributed by atoms with Gasteiger partial charge < -0.3 is 10.0 Å². The number of phenolic OH excluding ortho intramolecular Hbond substituents is 1. The number of ketones is 2. The van der Waals surface area contributed by atoms with Gasteiger partial charge in [-0.2, -0.15) is 0 Å². The number of phenols is 1. The minimum Gasteiger partial charge on any atom is -0.507 e. The zero-order chi connectivity index (χ0) is 18.3. The standard InChI is InChI=1S/C21H18ClNO3/c22-15-6-4-13(5-7-15)14-8-10-23(11-9-14)17-12-19(25)16-2-1-3-18(24)20(16)21(17)26/h1-7,12,14,24H,8-11H2. The largest absolute Gasteiger partial charge is 0.507 e. The summed E-state index contributed by atoms with van der Waals surface area (Å²) in [6.45, 7) is 1.39. The van der Waals surface area contributed by atoms with Crippen LogP contribution in [0, 0.1) is 0 Å². The highest BCUT2D eigenvalue weighted by Gasteiger charge is 2.33. The normalized spacial score (nSPS) is 17.9. The molecule has 0 saturated carbocycles. The van der Waals surface area contributed by atoms with Gasteiger partial charge >= 0.3 is 0 Å². The van der Waals surface area contributed by atoms with Gasteiger partial charge in [0.25, 0.3) is 0 Å². The van der Waals surface area contributed by atoms with Gasteiger partial charge in [-0.15, -0.1) is 0 Å². The van der Waals surface area contributed by atoms with E-state index in [1.54, 1.807) is 12.1 Å². The van der Waals surface area contributed by atoms with Crippen LogP contribution in [0.5, 0.6) is 5.75 Å². The Morgan fingerprint density at radius 3 is 2.38 bits per heavy atom. The van der Waals surface area contributed by atoms with Gasteiger partial charge in [0.05, 0.1) is 11.3 Å². The Hall–Kier alpha value is -2.59. The van der Waals surface area contributed by atoms with E-state index in [0.717, 1.165) is 17.9 Å². The van der Waals surface area contributed by atoms with Crippen molar-refractivity contribution in [1.82, 2.24) is 4.90 Å². The number of fused-ring (bicyclic) bond motifs is 1. The van der Waals surface area contributed by atoms with Crippen molar-refractivity contribution in [3.63, 3.8) is 0 Å². The fourth-order valence-electron chi connectivity index (χ4n) is 3.80. The predicted octanol–water partition coefficient (Wildman–Crippen LogP) is 4.19. The highest BCUT2D eigenvalue weighted by Crippen LogP contribution is 2.34. The molecule has 4 rings (SSSR count). The number of likely N-dealkylation sites (tertiary alicyclic amines) is 1. The van der Waals surface area contributed by atoms with Crippen LogP contribution in [0.3, 0.4) is 0 Å². The van der Waals surface area contributed by atoms with E-state index >= 15 is 0 Å². The Labute approximate surface area is 156 Å². The smallest absolute Gasteiger partial charge is 0.213 e. The quantitative estimate of drug-likeness (QED) is 0.864. The molecule has 0 bridgehead atoms. The Balaban J connectivity index is 1.53. The topological polar surface area (TPSA) is 57.6 Å². The predicted molar refractivity (Wildman–Crippen MR) is 99.9 cm³/mol. The lowest BCUT2D eigenvalue weighted by atomic mass is 9.87. The third-order valence-electron chi connectivity index (χ3n) is 5.21. The summed E-state index contributed by atoms with van der Waals surface area (Å²) in [7, 11) is 0. The summed E-state index contributed by atoms with van der Waals surface area (Å²) in [5, 5.41) is 10.8. The Morgan fingerprint density at radius 2 is 1.69 bits per heavy atom. The van der Waals surface area contributed by atoms with Gasteiger partial charge in [0.1, 0.15) is 5.75 Å². The first-order valence-corrected chi connectivity index (χ1v) is 9.05. The molecule has 0 aromatic heterocycles. The summed E-state index contributed by atoms with van der Waals surface area (Å²) in [6.07, 6.45) is 3.20. The van der Waals surface area contributed by atoms with E-state index in [1.165, 1.54) is 17.7 Å². The van der Waals surface area contributed by atoms with Crippen molar-refractivity contribution in [2.24, 2.45) is 0 Å². The SMILES string of the molecule is O=C1C=C(N2CCC(c3ccc(Cl)cc3)CC2)C(=O)c2c(O)cccc21. The number of hydrogen-bond acceptors (Lipinski definition) is 4. The molecule has 2 aliphatic rings. The molecule has 0 atom stereocenters. The molecule has 0 radical (unpaired) electrons. The number of allylic oxidation sites excluding steroid dienone is 2. The fraction of sp³-hybridized carbons (Fsp3) is 0.238. The molecule has 1 fully saturated rings. The molecule has 1 saturated heterocycles. The van der Waals surface area contributed by atoms with Gasteiger partial charge in [-0.05, 0) is 42.5 Å². The lowest BCUT2D eigenvalue weighted by molar-refractivity contribution is 0.0938. The van der Waals surface area contributed by atoms with Gasteiger partial charge in [-0.3, -0.25) is 9.59 Å². The van der Waals surface area contributed by atoms with Crippen LogP contribution in [0.25, 0.3) is 0 Å². The summed E-state index contributed by atoms with van der Waals surface area (Å²) in [5.41, 5.74) is 2.03. The number of benzene rings is 2. The Kier molecular flexibility index (Phi) is 4.29. The van der Waals surface area contributed by atoms with Crippen LogP contribution in [0.4, 0.5) is 0 Å². The number of carbonyl (C=O) groups excluding carboxylic acids is 2. The molecule has 4 nitrogen and oxygen atoms in total. The maximum atomic E-state index is 12.8. The Bertz CT molecular complexity index is 909. The number of carbonyl (C=O) groups is 2. The number of halogens is 1. The van der Waals surface area contributed by atoms with Crippen molar-refractivity contribution in [1.29, 1.82) is 0 Å². The van der Waals surface area contributed by atoms with E-state index in [4.69, 9.17) is 11.6 Å². The maximum Gasteiger partial charge on any atom is 0.213 e. The van der Waals surface area contributed by atoms with E-state index < -0.39 is 0 Å². The number of Topliss-reactive ketones (excluding diaryl/α,β-unsaturated/α-hetero) is 1. The van der Waals surface area contributed by atoms with Crippen LogP contribution in [0.15, 0.2) is 54.2 Å². The molecule has 0 spiro atoms. The average Bonchev–Trinajstić information content (AvgIpc) is 2.65. The molecule has 1 aliphatic heterocycles. The first-order valence-electron chi connectivity index (χ1n) is 8.67. The van der Waals surface area contributed by atoms with Gasteiger partial charge in [0, 0.05) is 29.8 Å². The summed E-state index contributed by atoms with van der Waals surface area (Å²) in [4.78, 5) is 27.2. The maximum absolute atomic E-state index is 12.8. The summed E-state index contributed by atoms with van der Waals surface area (Å²) in [6, 6.07) is 12.5. The van der Waals surface area contributed by atoms with Crippen molar-refractivity contribution >= 4 is 23.2 Å². The lowest BCUT2D eigenvalue weighted by Gasteiger charge is -2.35. The van der Waals surface area contributed by atoms with Crippen LogP contribution >= 0.6 is 11.6 Å². The molecule has 1 aliphatic carbocycles. The zero-order valence-electron chi connectivity index (χ0n) is 14.1. The first kappa shape index (κ1) is 16.9. The van der Waals surface area contributed by atoms with Gasteiger partial charge in [-0.1, -0.05) is 35.9 Å². The lowest BCUT2D eigenvalue weighted by Crippen LogP contribution is -2.37. The van der Waals surface area contributed by atoms with Gasteiger partial charge in [0.2, 0.25) is 5.78 Å². The van der Waals surface area contributed by atoms with E-state index in [-0.39, 0.29) is 28.4 Å². The van der Waals surface area contributed by atoms with Crippen molar-refractivity contribution < 1.29 is 14.7 Å².